The van der Waals surface area contributed by atoms with E-state index in [9.17, 15) is 0 Å². The maximum atomic E-state index is 5.60. The number of nitrogens with one attached hydrogen (secondary N) is 1. The zero-order valence-corrected chi connectivity index (χ0v) is 11.5. The quantitative estimate of drug-likeness (QED) is 0.586. The third kappa shape index (κ3) is 13.9. The summed E-state index contributed by atoms with van der Waals surface area (Å²) in [4.78, 5) is 0. The van der Waals surface area contributed by atoms with E-state index >= 15 is 0 Å². The molecule has 0 bridgehead atoms. The minimum absolute atomic E-state index is 0.0229. The molecule has 0 atom stereocenters. The normalized spacial score (nSPS) is 12.0. The minimum Gasteiger partial charge on any atom is -0.381 e. The lowest BCUT2D eigenvalue weighted by atomic mass is 10.2. The fourth-order valence-corrected chi connectivity index (χ4v) is 1.20. The molecule has 0 radical (unpaired) electrons. The molecule has 0 aliphatic carbocycles. The highest BCUT2D eigenvalue weighted by atomic mass is 16.5. The molecule has 0 rings (SSSR count). The van der Waals surface area contributed by atoms with Gasteiger partial charge in [-0.1, -0.05) is 13.3 Å². The predicted molar refractivity (Wildman–Crippen MR) is 68.9 cm³/mol. The molecule has 0 fully saturated rings. The van der Waals surface area contributed by atoms with Gasteiger partial charge in [0.1, 0.15) is 0 Å². The van der Waals surface area contributed by atoms with Crippen LogP contribution in [-0.2, 0) is 9.47 Å². The van der Waals surface area contributed by atoms with Crippen LogP contribution in [0.5, 0.6) is 0 Å². The van der Waals surface area contributed by atoms with Crippen LogP contribution < -0.4 is 5.32 Å². The molecule has 0 spiro atoms. The third-order valence-electron chi connectivity index (χ3n) is 2.10. The summed E-state index contributed by atoms with van der Waals surface area (Å²) in [5.74, 6) is 0. The Balaban J connectivity index is 2.99. The Hall–Kier alpha value is -0.120. The molecule has 0 aromatic carbocycles. The molecule has 3 heteroatoms. The lowest BCUT2D eigenvalue weighted by Crippen LogP contribution is -2.27. The summed E-state index contributed by atoms with van der Waals surface area (Å²) in [7, 11) is 0. The summed E-state index contributed by atoms with van der Waals surface area (Å²) in [6, 6.07) is 0. The largest absolute Gasteiger partial charge is 0.381 e. The molecule has 0 aromatic rings. The second-order valence-electron chi connectivity index (χ2n) is 5.03. The third-order valence-corrected chi connectivity index (χ3v) is 2.10. The maximum absolute atomic E-state index is 5.60. The standard InChI is InChI=1S/C13H29NO2/c1-5-6-10-15-11-7-8-14-9-12-16-13(2,3)4/h14H,5-12H2,1-4H3. The molecule has 16 heavy (non-hydrogen) atoms. The van der Waals surface area contributed by atoms with Crippen LogP contribution in [0.3, 0.4) is 0 Å². The summed E-state index contributed by atoms with van der Waals surface area (Å²) >= 11 is 0. The first-order chi connectivity index (χ1) is 7.56. The van der Waals surface area contributed by atoms with E-state index in [0.29, 0.717) is 0 Å². The summed E-state index contributed by atoms with van der Waals surface area (Å²) in [5, 5.41) is 3.34. The fraction of sp³-hybridized carbons (Fsp3) is 1.00. The molecule has 0 saturated heterocycles. The number of rotatable bonds is 10. The predicted octanol–water partition coefficient (Wildman–Crippen LogP) is 2.60. The van der Waals surface area contributed by atoms with Gasteiger partial charge in [0.05, 0.1) is 12.2 Å². The molecule has 0 aromatic heterocycles. The van der Waals surface area contributed by atoms with Crippen LogP contribution >= 0.6 is 0 Å². The maximum Gasteiger partial charge on any atom is 0.0599 e. The van der Waals surface area contributed by atoms with Gasteiger partial charge in [0.25, 0.3) is 0 Å². The van der Waals surface area contributed by atoms with Gasteiger partial charge in [-0.05, 0) is 40.2 Å². The molecule has 3 nitrogen and oxygen atoms in total. The SMILES string of the molecule is CCCCOCCCNCCOC(C)(C)C. The van der Waals surface area contributed by atoms with Crippen LogP contribution in [-0.4, -0.2) is 38.5 Å². The first kappa shape index (κ1) is 15.9. The Kier molecular flexibility index (Phi) is 9.99. The monoisotopic (exact) mass is 231 g/mol. The molecule has 1 N–H and O–H groups in total. The summed E-state index contributed by atoms with van der Waals surface area (Å²) < 4.78 is 11.1. The molecule has 98 valence electrons. The van der Waals surface area contributed by atoms with Crippen molar-refractivity contribution in [3.05, 3.63) is 0 Å². The van der Waals surface area contributed by atoms with Gasteiger partial charge in [0.2, 0.25) is 0 Å². The molecule has 0 unspecified atom stereocenters. The van der Waals surface area contributed by atoms with Crippen molar-refractivity contribution in [1.82, 2.24) is 5.32 Å². The first-order valence-electron chi connectivity index (χ1n) is 6.48. The van der Waals surface area contributed by atoms with Crippen LogP contribution in [0.2, 0.25) is 0 Å². The van der Waals surface area contributed by atoms with Crippen molar-refractivity contribution in [3.63, 3.8) is 0 Å². The topological polar surface area (TPSA) is 30.5 Å². The Morgan fingerprint density at radius 3 is 2.25 bits per heavy atom. The van der Waals surface area contributed by atoms with Gasteiger partial charge in [0.15, 0.2) is 0 Å². The van der Waals surface area contributed by atoms with E-state index in [-0.39, 0.29) is 5.60 Å². The van der Waals surface area contributed by atoms with Crippen LogP contribution in [0.1, 0.15) is 47.0 Å². The molecule has 0 amide bonds. The summed E-state index contributed by atoms with van der Waals surface area (Å²) in [6.07, 6.45) is 3.47. The Morgan fingerprint density at radius 2 is 1.62 bits per heavy atom. The zero-order chi connectivity index (χ0) is 12.3. The highest BCUT2D eigenvalue weighted by molar-refractivity contribution is 4.59. The van der Waals surface area contributed by atoms with E-state index in [4.69, 9.17) is 9.47 Å². The fourth-order valence-electron chi connectivity index (χ4n) is 1.20. The van der Waals surface area contributed by atoms with Crippen molar-refractivity contribution >= 4 is 0 Å². The zero-order valence-electron chi connectivity index (χ0n) is 11.5. The molecular formula is C13H29NO2. The van der Waals surface area contributed by atoms with Crippen LogP contribution in [0.4, 0.5) is 0 Å². The van der Waals surface area contributed by atoms with Crippen molar-refractivity contribution in [2.24, 2.45) is 0 Å². The Morgan fingerprint density at radius 1 is 0.938 bits per heavy atom. The Labute approximate surface area is 101 Å². The average molecular weight is 231 g/mol. The van der Waals surface area contributed by atoms with E-state index in [1.165, 1.54) is 12.8 Å². The van der Waals surface area contributed by atoms with Gasteiger partial charge in [-0.25, -0.2) is 0 Å². The number of ether oxygens (including phenoxy) is 2. The van der Waals surface area contributed by atoms with Crippen molar-refractivity contribution < 1.29 is 9.47 Å². The lowest BCUT2D eigenvalue weighted by molar-refractivity contribution is -0.000919. The smallest absolute Gasteiger partial charge is 0.0599 e. The highest BCUT2D eigenvalue weighted by Crippen LogP contribution is 2.04. The van der Waals surface area contributed by atoms with Crippen molar-refractivity contribution in [2.45, 2.75) is 52.6 Å². The summed E-state index contributed by atoms with van der Waals surface area (Å²) in [6.45, 7) is 12.9. The second-order valence-corrected chi connectivity index (χ2v) is 5.03. The van der Waals surface area contributed by atoms with Gasteiger partial charge in [-0.3, -0.25) is 0 Å². The summed E-state index contributed by atoms with van der Waals surface area (Å²) in [5.41, 5.74) is -0.0229. The molecule has 0 aliphatic heterocycles. The molecule has 0 heterocycles. The van der Waals surface area contributed by atoms with Gasteiger partial charge >= 0.3 is 0 Å². The second kappa shape index (κ2) is 10.1. The average Bonchev–Trinajstić information content (AvgIpc) is 2.19. The van der Waals surface area contributed by atoms with E-state index in [0.717, 1.165) is 39.3 Å². The van der Waals surface area contributed by atoms with Gasteiger partial charge in [-0.15, -0.1) is 0 Å². The van der Waals surface area contributed by atoms with E-state index < -0.39 is 0 Å². The first-order valence-corrected chi connectivity index (χ1v) is 6.48. The van der Waals surface area contributed by atoms with Crippen LogP contribution in [0.15, 0.2) is 0 Å². The van der Waals surface area contributed by atoms with Gasteiger partial charge in [-0.2, -0.15) is 0 Å². The number of unbranched alkanes of at least 4 members (excludes halogenated alkanes) is 1. The number of hydrogen-bond acceptors (Lipinski definition) is 3. The molecule has 0 aliphatic rings. The van der Waals surface area contributed by atoms with Crippen LogP contribution in [0, 0.1) is 0 Å². The van der Waals surface area contributed by atoms with Crippen molar-refractivity contribution in [1.29, 1.82) is 0 Å². The molecule has 0 saturated carbocycles. The van der Waals surface area contributed by atoms with Crippen molar-refractivity contribution in [2.75, 3.05) is 32.9 Å². The van der Waals surface area contributed by atoms with E-state index in [1.54, 1.807) is 0 Å². The lowest BCUT2D eigenvalue weighted by Gasteiger charge is -2.19. The van der Waals surface area contributed by atoms with Crippen molar-refractivity contribution in [3.8, 4) is 0 Å². The highest BCUT2D eigenvalue weighted by Gasteiger charge is 2.08. The van der Waals surface area contributed by atoms with Crippen LogP contribution in [0.25, 0.3) is 0 Å². The Bertz CT molecular complexity index is 143. The van der Waals surface area contributed by atoms with E-state index in [2.05, 4.69) is 33.0 Å². The van der Waals surface area contributed by atoms with Gasteiger partial charge in [0, 0.05) is 19.8 Å². The number of hydrogen-bond donors (Lipinski definition) is 1. The van der Waals surface area contributed by atoms with Gasteiger partial charge < -0.3 is 14.8 Å². The van der Waals surface area contributed by atoms with E-state index in [1.807, 2.05) is 0 Å². The molecular weight excluding hydrogens is 202 g/mol. The minimum atomic E-state index is -0.0229.